The highest BCUT2D eigenvalue weighted by Crippen LogP contribution is 2.07. The summed E-state index contributed by atoms with van der Waals surface area (Å²) in [6.07, 6.45) is 0. The van der Waals surface area contributed by atoms with Crippen LogP contribution < -0.4 is 5.32 Å². The molecule has 0 aliphatic carbocycles. The molecular formula is C13H20FNO. The van der Waals surface area contributed by atoms with Crippen molar-refractivity contribution in [2.24, 2.45) is 5.92 Å². The molecule has 0 unspecified atom stereocenters. The lowest BCUT2D eigenvalue weighted by Gasteiger charge is -2.08. The number of ether oxygens (including phenoxy) is 1. The van der Waals surface area contributed by atoms with E-state index in [2.05, 4.69) is 19.2 Å². The monoisotopic (exact) mass is 225 g/mol. The van der Waals surface area contributed by atoms with Crippen molar-refractivity contribution in [3.05, 3.63) is 35.6 Å². The van der Waals surface area contributed by atoms with Gasteiger partial charge in [-0.2, -0.15) is 0 Å². The predicted molar refractivity (Wildman–Crippen MR) is 63.8 cm³/mol. The summed E-state index contributed by atoms with van der Waals surface area (Å²) >= 11 is 0. The van der Waals surface area contributed by atoms with Crippen LogP contribution in [0, 0.1) is 11.7 Å². The van der Waals surface area contributed by atoms with Crippen LogP contribution in [0.1, 0.15) is 19.4 Å². The standard InChI is InChI=1S/C13H20FNO/c1-11(2)9-15-7-8-16-10-12-5-3-4-6-13(12)14/h3-6,11,15H,7-10H2,1-2H3. The van der Waals surface area contributed by atoms with E-state index in [4.69, 9.17) is 4.74 Å². The van der Waals surface area contributed by atoms with Crippen molar-refractivity contribution in [2.75, 3.05) is 19.7 Å². The Kier molecular flexibility index (Phi) is 6.04. The molecule has 1 aromatic carbocycles. The molecule has 0 aliphatic heterocycles. The van der Waals surface area contributed by atoms with Gasteiger partial charge in [0.1, 0.15) is 5.82 Å². The van der Waals surface area contributed by atoms with E-state index in [1.807, 2.05) is 6.07 Å². The third-order valence-electron chi connectivity index (χ3n) is 2.19. The molecule has 3 heteroatoms. The molecule has 1 N–H and O–H groups in total. The van der Waals surface area contributed by atoms with Crippen molar-refractivity contribution in [2.45, 2.75) is 20.5 Å². The molecule has 0 aliphatic rings. The Morgan fingerprint density at radius 2 is 2.06 bits per heavy atom. The van der Waals surface area contributed by atoms with E-state index in [9.17, 15) is 4.39 Å². The molecule has 0 radical (unpaired) electrons. The number of hydrogen-bond donors (Lipinski definition) is 1. The van der Waals surface area contributed by atoms with Gasteiger partial charge in [-0.1, -0.05) is 32.0 Å². The smallest absolute Gasteiger partial charge is 0.128 e. The quantitative estimate of drug-likeness (QED) is 0.720. The summed E-state index contributed by atoms with van der Waals surface area (Å²) in [5.41, 5.74) is 0.617. The molecule has 1 rings (SSSR count). The van der Waals surface area contributed by atoms with Crippen LogP contribution in [-0.2, 0) is 11.3 Å². The zero-order chi connectivity index (χ0) is 11.8. The van der Waals surface area contributed by atoms with Crippen molar-refractivity contribution in [3.63, 3.8) is 0 Å². The fraction of sp³-hybridized carbons (Fsp3) is 0.538. The topological polar surface area (TPSA) is 21.3 Å². The first-order chi connectivity index (χ1) is 7.70. The minimum Gasteiger partial charge on any atom is -0.375 e. The first kappa shape index (κ1) is 13.1. The third kappa shape index (κ3) is 5.24. The van der Waals surface area contributed by atoms with E-state index >= 15 is 0 Å². The molecule has 0 atom stereocenters. The van der Waals surface area contributed by atoms with Gasteiger partial charge < -0.3 is 10.1 Å². The molecule has 0 aromatic heterocycles. The zero-order valence-electron chi connectivity index (χ0n) is 10.0. The molecule has 0 saturated carbocycles. The Balaban J connectivity index is 2.10. The number of benzene rings is 1. The van der Waals surface area contributed by atoms with Crippen LogP contribution in [-0.4, -0.2) is 19.7 Å². The van der Waals surface area contributed by atoms with Crippen molar-refractivity contribution >= 4 is 0 Å². The molecule has 16 heavy (non-hydrogen) atoms. The summed E-state index contributed by atoms with van der Waals surface area (Å²) in [6, 6.07) is 6.70. The highest BCUT2D eigenvalue weighted by atomic mass is 19.1. The number of rotatable bonds is 7. The van der Waals surface area contributed by atoms with Gasteiger partial charge in [-0.3, -0.25) is 0 Å². The largest absolute Gasteiger partial charge is 0.375 e. The lowest BCUT2D eigenvalue weighted by molar-refractivity contribution is 0.120. The second-order valence-electron chi connectivity index (χ2n) is 4.24. The number of hydrogen-bond acceptors (Lipinski definition) is 2. The van der Waals surface area contributed by atoms with Crippen LogP contribution in [0.4, 0.5) is 4.39 Å². The summed E-state index contributed by atoms with van der Waals surface area (Å²) in [5.74, 6) is 0.448. The Morgan fingerprint density at radius 1 is 1.31 bits per heavy atom. The first-order valence-corrected chi connectivity index (χ1v) is 5.72. The van der Waals surface area contributed by atoms with Crippen LogP contribution in [0.5, 0.6) is 0 Å². The lowest BCUT2D eigenvalue weighted by Crippen LogP contribution is -2.23. The molecule has 1 aromatic rings. The van der Waals surface area contributed by atoms with Gasteiger partial charge in [0, 0.05) is 12.1 Å². The number of nitrogens with one attached hydrogen (secondary N) is 1. The van der Waals surface area contributed by atoms with E-state index in [-0.39, 0.29) is 5.82 Å². The average Bonchev–Trinajstić information content (AvgIpc) is 2.25. The summed E-state index contributed by atoms with van der Waals surface area (Å²) in [4.78, 5) is 0. The van der Waals surface area contributed by atoms with Crippen LogP contribution >= 0.6 is 0 Å². The van der Waals surface area contributed by atoms with E-state index in [1.165, 1.54) is 6.07 Å². The highest BCUT2D eigenvalue weighted by molar-refractivity contribution is 5.16. The fourth-order valence-electron chi connectivity index (χ4n) is 1.33. The normalized spacial score (nSPS) is 11.0. The van der Waals surface area contributed by atoms with Crippen molar-refractivity contribution < 1.29 is 9.13 Å². The van der Waals surface area contributed by atoms with Crippen LogP contribution in [0.25, 0.3) is 0 Å². The Hall–Kier alpha value is -0.930. The van der Waals surface area contributed by atoms with E-state index < -0.39 is 0 Å². The van der Waals surface area contributed by atoms with Gasteiger partial charge in [-0.05, 0) is 18.5 Å². The van der Waals surface area contributed by atoms with Gasteiger partial charge in [0.2, 0.25) is 0 Å². The molecule has 2 nitrogen and oxygen atoms in total. The van der Waals surface area contributed by atoms with Crippen molar-refractivity contribution in [1.29, 1.82) is 0 Å². The van der Waals surface area contributed by atoms with Crippen molar-refractivity contribution in [3.8, 4) is 0 Å². The van der Waals surface area contributed by atoms with Gasteiger partial charge in [0.25, 0.3) is 0 Å². The predicted octanol–water partition coefficient (Wildman–Crippen LogP) is 2.59. The van der Waals surface area contributed by atoms with Crippen molar-refractivity contribution in [1.82, 2.24) is 5.32 Å². The Labute approximate surface area is 96.8 Å². The van der Waals surface area contributed by atoms with Gasteiger partial charge in [-0.25, -0.2) is 4.39 Å². The summed E-state index contributed by atoms with van der Waals surface area (Å²) in [5, 5.41) is 3.27. The Bertz CT molecular complexity index is 302. The summed E-state index contributed by atoms with van der Waals surface area (Å²) in [6.45, 7) is 7.08. The minimum absolute atomic E-state index is 0.197. The lowest BCUT2D eigenvalue weighted by atomic mass is 10.2. The molecular weight excluding hydrogens is 205 g/mol. The minimum atomic E-state index is -0.197. The molecule has 0 amide bonds. The second-order valence-corrected chi connectivity index (χ2v) is 4.24. The maximum atomic E-state index is 13.2. The SMILES string of the molecule is CC(C)CNCCOCc1ccccc1F. The van der Waals surface area contributed by atoms with E-state index in [0.717, 1.165) is 13.1 Å². The summed E-state index contributed by atoms with van der Waals surface area (Å²) < 4.78 is 18.6. The highest BCUT2D eigenvalue weighted by Gasteiger charge is 1.99. The maximum Gasteiger partial charge on any atom is 0.128 e. The molecule has 90 valence electrons. The van der Waals surface area contributed by atoms with Crippen LogP contribution in [0.3, 0.4) is 0 Å². The van der Waals surface area contributed by atoms with Gasteiger partial charge in [0.05, 0.1) is 13.2 Å². The maximum absolute atomic E-state index is 13.2. The zero-order valence-corrected chi connectivity index (χ0v) is 10.0. The molecule has 0 saturated heterocycles. The fourth-order valence-corrected chi connectivity index (χ4v) is 1.33. The third-order valence-corrected chi connectivity index (χ3v) is 2.19. The second kappa shape index (κ2) is 7.36. The van der Waals surface area contributed by atoms with Crippen LogP contribution in [0.15, 0.2) is 24.3 Å². The molecule has 0 heterocycles. The van der Waals surface area contributed by atoms with E-state index in [0.29, 0.717) is 24.7 Å². The molecule has 0 fully saturated rings. The average molecular weight is 225 g/mol. The Morgan fingerprint density at radius 3 is 2.75 bits per heavy atom. The van der Waals surface area contributed by atoms with Gasteiger partial charge in [0.15, 0.2) is 0 Å². The molecule has 0 bridgehead atoms. The van der Waals surface area contributed by atoms with Crippen LogP contribution in [0.2, 0.25) is 0 Å². The molecule has 0 spiro atoms. The number of halogens is 1. The summed E-state index contributed by atoms with van der Waals surface area (Å²) in [7, 11) is 0. The first-order valence-electron chi connectivity index (χ1n) is 5.72. The van der Waals surface area contributed by atoms with Gasteiger partial charge >= 0.3 is 0 Å². The van der Waals surface area contributed by atoms with Gasteiger partial charge in [-0.15, -0.1) is 0 Å². The van der Waals surface area contributed by atoms with E-state index in [1.54, 1.807) is 12.1 Å².